The number of aliphatic hydroxyl groups excluding tert-OH is 2. The zero-order valence-electron chi connectivity index (χ0n) is 35.4. The predicted molar refractivity (Wildman–Crippen MR) is 238 cm³/mol. The number of nitrogens with zero attached hydrogens (tertiary/aromatic N) is 9. The minimum atomic E-state index is -0.896. The minimum absolute atomic E-state index is 0. The molecule has 16 nitrogen and oxygen atoms in total. The molecule has 0 saturated carbocycles. The number of fused-ring (bicyclic) bond motifs is 2. The topological polar surface area (TPSA) is 193 Å². The second kappa shape index (κ2) is 20.2. The lowest BCUT2D eigenvalue weighted by Gasteiger charge is -2.35. The molecule has 346 valence electrons. The van der Waals surface area contributed by atoms with Crippen molar-refractivity contribution in [2.75, 3.05) is 43.9 Å². The van der Waals surface area contributed by atoms with Crippen molar-refractivity contribution in [1.29, 1.82) is 0 Å². The third kappa shape index (κ3) is 10.0. The Morgan fingerprint density at radius 2 is 1.20 bits per heavy atom. The number of halogens is 4. The van der Waals surface area contributed by atoms with Gasteiger partial charge in [0.1, 0.15) is 34.1 Å². The molecule has 20 heteroatoms. The van der Waals surface area contributed by atoms with Gasteiger partial charge in [0.25, 0.3) is 0 Å². The van der Waals surface area contributed by atoms with E-state index in [1.54, 1.807) is 19.1 Å². The van der Waals surface area contributed by atoms with Gasteiger partial charge in [0.2, 0.25) is 11.9 Å². The lowest BCUT2D eigenvalue weighted by atomic mass is 10.0. The van der Waals surface area contributed by atoms with Crippen LogP contribution in [0.15, 0.2) is 36.7 Å². The molecule has 4 aromatic heterocycles. The summed E-state index contributed by atoms with van der Waals surface area (Å²) in [5.41, 5.74) is 2.12. The number of β-amino-alcohol motifs (C(OH)–C–C–N with tert-alkyl or cyclic N) is 2. The van der Waals surface area contributed by atoms with Gasteiger partial charge in [0.05, 0.1) is 61.4 Å². The van der Waals surface area contributed by atoms with Crippen molar-refractivity contribution >= 4 is 40.1 Å². The summed E-state index contributed by atoms with van der Waals surface area (Å²) in [7, 11) is 1.28. The number of anilines is 2. The van der Waals surface area contributed by atoms with E-state index >= 15 is 0 Å². The van der Waals surface area contributed by atoms with E-state index < -0.39 is 47.6 Å². The largest absolute Gasteiger partial charge is 0.453 e. The number of benzene rings is 2. The molecule has 2 aromatic carbocycles. The van der Waals surface area contributed by atoms with Gasteiger partial charge < -0.3 is 44.9 Å². The number of nitrogens with one attached hydrogen (secondary N) is 3. The number of aliphatic hydroxyl groups is 2. The minimum Gasteiger partial charge on any atom is -0.453 e. The molecule has 8 rings (SSSR count). The van der Waals surface area contributed by atoms with Crippen LogP contribution in [0.4, 0.5) is 34.3 Å². The number of hydrogen-bond acceptors (Lipinski definition) is 13. The lowest BCUT2D eigenvalue weighted by molar-refractivity contribution is 0.0503. The number of amides is 1. The maximum Gasteiger partial charge on any atom is 0.409 e. The van der Waals surface area contributed by atoms with Crippen LogP contribution < -0.4 is 16.0 Å². The van der Waals surface area contributed by atoms with Crippen LogP contribution in [0.25, 0.3) is 44.6 Å². The molecular formula is C44H58F4N12O4. The quantitative estimate of drug-likeness (QED) is 0.0955. The first-order valence-corrected chi connectivity index (χ1v) is 20.4. The Balaban J connectivity index is 0.000000235. The van der Waals surface area contributed by atoms with Crippen molar-refractivity contribution in [3.8, 4) is 22.5 Å². The highest BCUT2D eigenvalue weighted by molar-refractivity contribution is 5.84. The molecule has 6 aromatic rings. The van der Waals surface area contributed by atoms with E-state index in [0.717, 1.165) is 18.9 Å². The van der Waals surface area contributed by atoms with Crippen LogP contribution in [0.3, 0.4) is 0 Å². The van der Waals surface area contributed by atoms with Gasteiger partial charge in [-0.3, -0.25) is 0 Å². The highest BCUT2D eigenvalue weighted by Gasteiger charge is 2.31. The Morgan fingerprint density at radius 1 is 0.734 bits per heavy atom. The van der Waals surface area contributed by atoms with Crippen LogP contribution >= 0.6 is 0 Å². The van der Waals surface area contributed by atoms with Crippen LogP contribution in [0.1, 0.15) is 79.1 Å². The smallest absolute Gasteiger partial charge is 0.409 e. The number of carbonyl (C=O) groups excluding carboxylic acids is 1. The fourth-order valence-electron chi connectivity index (χ4n) is 8.13. The van der Waals surface area contributed by atoms with E-state index in [2.05, 4.69) is 50.6 Å². The molecule has 2 aliphatic heterocycles. The monoisotopic (exact) mass is 894 g/mol. The number of ether oxygens (including phenoxy) is 1. The SMILES string of the molecule is C.C.COC(=O)N1CC[C@@H](Nc2ncc(F)c(-c3cc(F)c4nc(C)n(C(C)C)c4c3)n2)[C@H](O)C1.Cc1nc2c(F)cc(-c3nc(N[C@@H]4CCNC[C@H]4O)ncc3F)cc2n1C(C)C. The summed E-state index contributed by atoms with van der Waals surface area (Å²) in [6, 6.07) is 5.24. The van der Waals surface area contributed by atoms with Gasteiger partial charge >= 0.3 is 6.09 Å². The van der Waals surface area contributed by atoms with Crippen LogP contribution in [0, 0.1) is 37.1 Å². The van der Waals surface area contributed by atoms with Gasteiger partial charge in [-0.25, -0.2) is 52.3 Å². The van der Waals surface area contributed by atoms with Gasteiger partial charge in [-0.15, -0.1) is 0 Å². The molecule has 0 radical (unpaired) electrons. The third-order valence-corrected chi connectivity index (χ3v) is 11.0. The molecule has 4 atom stereocenters. The third-order valence-electron chi connectivity index (χ3n) is 11.0. The van der Waals surface area contributed by atoms with Crippen LogP contribution in [0.2, 0.25) is 0 Å². The molecule has 0 aliphatic carbocycles. The molecular weight excluding hydrogens is 837 g/mol. The van der Waals surface area contributed by atoms with Crippen molar-refractivity contribution in [3.05, 3.63) is 71.6 Å². The Bertz CT molecular complexity index is 2600. The van der Waals surface area contributed by atoms with Crippen LogP contribution in [-0.4, -0.2) is 118 Å². The normalized spacial score (nSPS) is 18.6. The van der Waals surface area contributed by atoms with Crippen molar-refractivity contribution in [3.63, 3.8) is 0 Å². The van der Waals surface area contributed by atoms with E-state index in [1.807, 2.05) is 43.8 Å². The van der Waals surface area contributed by atoms with Gasteiger partial charge in [-0.1, -0.05) is 14.9 Å². The first-order valence-electron chi connectivity index (χ1n) is 20.4. The predicted octanol–water partition coefficient (Wildman–Crippen LogP) is 7.34. The zero-order chi connectivity index (χ0) is 44.6. The second-order valence-corrected chi connectivity index (χ2v) is 16.0. The zero-order valence-corrected chi connectivity index (χ0v) is 35.4. The fourth-order valence-corrected chi connectivity index (χ4v) is 8.13. The van der Waals surface area contributed by atoms with Crippen molar-refractivity contribution in [1.82, 2.24) is 49.3 Å². The number of piperidine rings is 2. The van der Waals surface area contributed by atoms with E-state index in [1.165, 1.54) is 24.1 Å². The van der Waals surface area contributed by atoms with E-state index in [9.17, 15) is 32.6 Å². The second-order valence-electron chi connectivity index (χ2n) is 16.0. The van der Waals surface area contributed by atoms with Gasteiger partial charge in [0, 0.05) is 36.3 Å². The molecule has 2 saturated heterocycles. The van der Waals surface area contributed by atoms with E-state index in [0.29, 0.717) is 54.2 Å². The molecule has 0 unspecified atom stereocenters. The summed E-state index contributed by atoms with van der Waals surface area (Å²) in [6.45, 7) is 13.2. The number of aryl methyl sites for hydroxylation is 2. The van der Waals surface area contributed by atoms with Gasteiger partial charge in [0.15, 0.2) is 23.3 Å². The molecule has 64 heavy (non-hydrogen) atoms. The number of aromatic nitrogens is 8. The number of likely N-dealkylation sites (tertiary alicyclic amines) is 1. The Morgan fingerprint density at radius 3 is 1.62 bits per heavy atom. The van der Waals surface area contributed by atoms with Crippen molar-refractivity contribution in [2.45, 2.75) is 106 Å². The molecule has 5 N–H and O–H groups in total. The van der Waals surface area contributed by atoms with E-state index in [4.69, 9.17) is 0 Å². The summed E-state index contributed by atoms with van der Waals surface area (Å²) in [5, 5.41) is 29.7. The van der Waals surface area contributed by atoms with Crippen molar-refractivity contribution < 1.29 is 37.3 Å². The number of methoxy groups -OCH3 is 1. The molecule has 0 bridgehead atoms. The number of carbonyl (C=O) groups is 1. The van der Waals surface area contributed by atoms with Crippen molar-refractivity contribution in [2.24, 2.45) is 0 Å². The van der Waals surface area contributed by atoms with Gasteiger partial charge in [-0.05, 0) is 85.2 Å². The Hall–Kier alpha value is -5.99. The number of rotatable bonds is 8. The summed E-state index contributed by atoms with van der Waals surface area (Å²) < 4.78 is 67.3. The standard InChI is InChI=1S/C22H26F2N6O3.C20H24F2N6O.2CH4/c1-11(2)30-12(3)26-20-14(23)7-13(8-17(20)30)19-15(24)9-25-21(28-19)27-16-5-6-29(10-18(16)31)22(32)33-4;1-10(2)28-11(3)25-19-13(21)6-12(7-16(19)28)18-14(22)8-24-20(27-18)26-15-4-5-23-9-17(15)29;;/h7-9,11,16,18,31H,5-6,10H2,1-4H3,(H,25,27,28);6-8,10,15,17,23,29H,4-5,9H2,1-3H3,(H,24,26,27);2*1H4/t16-,18-;15-,17-;;/m11../s1. The summed E-state index contributed by atoms with van der Waals surface area (Å²) >= 11 is 0. The summed E-state index contributed by atoms with van der Waals surface area (Å²) in [4.78, 5) is 38.2. The maximum absolute atomic E-state index is 14.8. The lowest BCUT2D eigenvalue weighted by Crippen LogP contribution is -2.51. The van der Waals surface area contributed by atoms with Gasteiger partial charge in [-0.2, -0.15) is 0 Å². The highest BCUT2D eigenvalue weighted by atomic mass is 19.1. The Labute approximate surface area is 369 Å². The molecule has 0 spiro atoms. The average molecular weight is 895 g/mol. The summed E-state index contributed by atoms with van der Waals surface area (Å²) in [5.74, 6) is -0.799. The highest BCUT2D eigenvalue weighted by Crippen LogP contribution is 2.32. The average Bonchev–Trinajstić information content (AvgIpc) is 3.76. The number of imidazole rings is 2. The molecule has 6 heterocycles. The van der Waals surface area contributed by atoms with Crippen LogP contribution in [-0.2, 0) is 4.74 Å². The maximum atomic E-state index is 14.8. The first kappa shape index (κ1) is 49.0. The molecule has 1 amide bonds. The van der Waals surface area contributed by atoms with Crippen LogP contribution in [0.5, 0.6) is 0 Å². The Kier molecular flexibility index (Phi) is 15.5. The first-order chi connectivity index (χ1) is 29.5. The fraction of sp³-hybridized carbons (Fsp3) is 0.477. The van der Waals surface area contributed by atoms with E-state index in [-0.39, 0.29) is 79.4 Å². The summed E-state index contributed by atoms with van der Waals surface area (Å²) in [6.07, 6.45) is 1.16. The number of hydrogen-bond donors (Lipinski definition) is 5. The molecule has 2 fully saturated rings. The molecule has 2 aliphatic rings.